The first-order chi connectivity index (χ1) is 11.5. The molecule has 0 aliphatic carbocycles. The van der Waals surface area contributed by atoms with Crippen LogP contribution >= 0.6 is 0 Å². The maximum atomic E-state index is 12.4. The predicted molar refractivity (Wildman–Crippen MR) is 98.3 cm³/mol. The minimum absolute atomic E-state index is 0.00226. The molecule has 0 spiro atoms. The van der Waals surface area contributed by atoms with Gasteiger partial charge in [-0.1, -0.05) is 51.9 Å². The molecule has 0 amide bonds. The van der Waals surface area contributed by atoms with Crippen LogP contribution in [0.5, 0.6) is 0 Å². The number of rotatable bonds is 15. The maximum absolute atomic E-state index is 12.4. The number of carbonyl (C=O) groups excluding carboxylic acids is 1. The molecule has 0 heterocycles. The van der Waals surface area contributed by atoms with Gasteiger partial charge < -0.3 is 19.8 Å². The van der Waals surface area contributed by atoms with Crippen LogP contribution in [0.4, 0.5) is 0 Å². The standard InChI is InChI=1S/C19H37NO5/c1-5-6-7-8-9-10-11-12-16(21)13-17(22)19(25,14-18(23)24)15-20(2,3)4/h16,21,25H,5-15H2,1-4H3/p+1/t16?,19-/m1/s1. The highest BCUT2D eigenvalue weighted by molar-refractivity contribution is 5.91. The fourth-order valence-electron chi connectivity index (χ4n) is 3.12. The number of aliphatic hydroxyl groups excluding tert-OH is 1. The SMILES string of the molecule is CCCCCCCCCC(O)CC(=O)[C@@](O)(CC(=O)O)C[N+](C)(C)C. The Balaban J connectivity index is 4.37. The maximum Gasteiger partial charge on any atom is 0.306 e. The number of carboxylic acids is 1. The van der Waals surface area contributed by atoms with Gasteiger partial charge in [0.15, 0.2) is 11.4 Å². The number of aliphatic carboxylic acids is 1. The lowest BCUT2D eigenvalue weighted by atomic mass is 9.88. The topological polar surface area (TPSA) is 94.8 Å². The smallest absolute Gasteiger partial charge is 0.306 e. The molecular formula is C19H38NO5+. The van der Waals surface area contributed by atoms with Gasteiger partial charge in [0, 0.05) is 6.42 Å². The summed E-state index contributed by atoms with van der Waals surface area (Å²) in [5.74, 6) is -1.80. The molecule has 0 fully saturated rings. The van der Waals surface area contributed by atoms with Gasteiger partial charge in [0.05, 0.1) is 33.7 Å². The van der Waals surface area contributed by atoms with Gasteiger partial charge in [0.25, 0.3) is 0 Å². The van der Waals surface area contributed by atoms with Gasteiger partial charge in [-0.05, 0) is 6.42 Å². The molecule has 2 atom stereocenters. The van der Waals surface area contributed by atoms with Crippen molar-refractivity contribution in [2.75, 3.05) is 27.7 Å². The zero-order valence-electron chi connectivity index (χ0n) is 16.5. The molecule has 0 aromatic rings. The second kappa shape index (κ2) is 11.6. The number of quaternary nitrogens is 1. The zero-order chi connectivity index (χ0) is 19.5. The quantitative estimate of drug-likeness (QED) is 0.308. The summed E-state index contributed by atoms with van der Waals surface area (Å²) >= 11 is 0. The van der Waals surface area contributed by atoms with Crippen LogP contribution in [0.15, 0.2) is 0 Å². The van der Waals surface area contributed by atoms with E-state index in [9.17, 15) is 19.8 Å². The highest BCUT2D eigenvalue weighted by atomic mass is 16.4. The van der Waals surface area contributed by atoms with E-state index in [4.69, 9.17) is 5.11 Å². The first kappa shape index (κ1) is 24.0. The van der Waals surface area contributed by atoms with Crippen molar-refractivity contribution in [3.05, 3.63) is 0 Å². The summed E-state index contributed by atoms with van der Waals surface area (Å²) in [6.45, 7) is 2.18. The van der Waals surface area contributed by atoms with Crippen LogP contribution in [0.2, 0.25) is 0 Å². The Morgan fingerprint density at radius 1 is 1.00 bits per heavy atom. The van der Waals surface area contributed by atoms with Gasteiger partial charge in [-0.15, -0.1) is 0 Å². The van der Waals surface area contributed by atoms with Gasteiger partial charge in [0.1, 0.15) is 6.54 Å². The predicted octanol–water partition coefficient (Wildman–Crippen LogP) is 2.36. The average molecular weight is 361 g/mol. The molecule has 0 saturated heterocycles. The van der Waals surface area contributed by atoms with Crippen molar-refractivity contribution in [1.82, 2.24) is 0 Å². The fraction of sp³-hybridized carbons (Fsp3) is 0.895. The number of ketones is 1. The number of carbonyl (C=O) groups is 2. The molecule has 0 radical (unpaired) electrons. The van der Waals surface area contributed by atoms with Gasteiger partial charge >= 0.3 is 5.97 Å². The molecule has 0 aromatic carbocycles. The van der Waals surface area contributed by atoms with Crippen LogP contribution in [0.1, 0.15) is 71.1 Å². The Morgan fingerprint density at radius 3 is 2.00 bits per heavy atom. The number of unbranched alkanes of at least 4 members (excludes halogenated alkanes) is 6. The largest absolute Gasteiger partial charge is 0.481 e. The number of hydrogen-bond donors (Lipinski definition) is 3. The van der Waals surface area contributed by atoms with Gasteiger partial charge in [-0.25, -0.2) is 0 Å². The second-order valence-corrected chi connectivity index (χ2v) is 8.24. The lowest BCUT2D eigenvalue weighted by Crippen LogP contribution is -2.55. The zero-order valence-corrected chi connectivity index (χ0v) is 16.5. The Bertz CT molecular complexity index is 405. The number of hydrogen-bond acceptors (Lipinski definition) is 4. The van der Waals surface area contributed by atoms with Crippen molar-refractivity contribution in [3.8, 4) is 0 Å². The van der Waals surface area contributed by atoms with Crippen LogP contribution in [0.3, 0.4) is 0 Å². The minimum atomic E-state index is -1.94. The van der Waals surface area contributed by atoms with E-state index in [0.29, 0.717) is 6.42 Å². The molecule has 6 nitrogen and oxygen atoms in total. The molecule has 25 heavy (non-hydrogen) atoms. The summed E-state index contributed by atoms with van der Waals surface area (Å²) in [7, 11) is 5.36. The molecule has 3 N–H and O–H groups in total. The molecule has 0 aliphatic heterocycles. The molecular weight excluding hydrogens is 322 g/mol. The van der Waals surface area contributed by atoms with Crippen molar-refractivity contribution in [2.24, 2.45) is 0 Å². The van der Waals surface area contributed by atoms with Crippen LogP contribution in [0.25, 0.3) is 0 Å². The van der Waals surface area contributed by atoms with Crippen molar-refractivity contribution in [1.29, 1.82) is 0 Å². The molecule has 148 valence electrons. The molecule has 0 aromatic heterocycles. The van der Waals surface area contributed by atoms with E-state index in [0.717, 1.165) is 19.3 Å². The van der Waals surface area contributed by atoms with E-state index >= 15 is 0 Å². The third-order valence-electron chi connectivity index (χ3n) is 4.26. The van der Waals surface area contributed by atoms with Crippen LogP contribution in [-0.2, 0) is 9.59 Å². The first-order valence-electron chi connectivity index (χ1n) is 9.46. The van der Waals surface area contributed by atoms with Crippen molar-refractivity contribution < 1.29 is 29.4 Å². The molecule has 0 bridgehead atoms. The summed E-state index contributed by atoms with van der Waals surface area (Å²) in [6, 6.07) is 0. The van der Waals surface area contributed by atoms with Crippen LogP contribution in [0, 0.1) is 0 Å². The van der Waals surface area contributed by atoms with Crippen molar-refractivity contribution >= 4 is 11.8 Å². The lowest BCUT2D eigenvalue weighted by Gasteiger charge is -2.34. The summed E-state index contributed by atoms with van der Waals surface area (Å²) < 4.78 is 0.267. The lowest BCUT2D eigenvalue weighted by molar-refractivity contribution is -0.875. The third-order valence-corrected chi connectivity index (χ3v) is 4.26. The van der Waals surface area contributed by atoms with Crippen molar-refractivity contribution in [2.45, 2.75) is 82.8 Å². The fourth-order valence-corrected chi connectivity index (χ4v) is 3.12. The molecule has 0 saturated carbocycles. The Morgan fingerprint density at radius 2 is 1.52 bits per heavy atom. The summed E-state index contributed by atoms with van der Waals surface area (Å²) in [6.07, 6.45) is 6.76. The first-order valence-corrected chi connectivity index (χ1v) is 9.46. The van der Waals surface area contributed by atoms with Crippen molar-refractivity contribution in [3.63, 3.8) is 0 Å². The van der Waals surface area contributed by atoms with Gasteiger partial charge in [-0.3, -0.25) is 9.59 Å². The van der Waals surface area contributed by atoms with Crippen LogP contribution < -0.4 is 0 Å². The average Bonchev–Trinajstić information content (AvgIpc) is 2.43. The number of likely N-dealkylation sites (N-methyl/N-ethyl adjacent to an activating group) is 1. The van der Waals surface area contributed by atoms with E-state index in [2.05, 4.69) is 6.92 Å². The van der Waals surface area contributed by atoms with Gasteiger partial charge in [0.2, 0.25) is 0 Å². The summed E-state index contributed by atoms with van der Waals surface area (Å²) in [5, 5.41) is 29.7. The number of aliphatic hydroxyl groups is 2. The molecule has 6 heteroatoms. The van der Waals surface area contributed by atoms with E-state index < -0.39 is 29.9 Å². The molecule has 1 unspecified atom stereocenters. The third kappa shape index (κ3) is 12.1. The summed E-state index contributed by atoms with van der Waals surface area (Å²) in [4.78, 5) is 23.4. The van der Waals surface area contributed by atoms with Gasteiger partial charge in [-0.2, -0.15) is 0 Å². The second-order valence-electron chi connectivity index (χ2n) is 8.24. The van der Waals surface area contributed by atoms with E-state index in [1.807, 2.05) is 0 Å². The van der Waals surface area contributed by atoms with E-state index in [1.54, 1.807) is 21.1 Å². The van der Waals surface area contributed by atoms with E-state index in [-0.39, 0.29) is 17.4 Å². The highest BCUT2D eigenvalue weighted by Gasteiger charge is 2.43. The molecule has 0 rings (SSSR count). The Labute approximate surface area is 152 Å². The minimum Gasteiger partial charge on any atom is -0.481 e. The number of nitrogens with zero attached hydrogens (tertiary/aromatic N) is 1. The number of Topliss-reactive ketones (excluding diaryl/α,β-unsaturated/α-hetero) is 1. The summed E-state index contributed by atoms with van der Waals surface area (Å²) in [5.41, 5.74) is -1.94. The number of carboxylic acid groups (broad SMARTS) is 1. The Kier molecular flexibility index (Phi) is 11.1. The highest BCUT2D eigenvalue weighted by Crippen LogP contribution is 2.20. The monoisotopic (exact) mass is 360 g/mol. The normalized spacial score (nSPS) is 15.6. The van der Waals surface area contributed by atoms with Crippen LogP contribution in [-0.4, -0.2) is 70.9 Å². The molecule has 0 aliphatic rings. The van der Waals surface area contributed by atoms with E-state index in [1.165, 1.54) is 25.7 Å². The Hall–Kier alpha value is -0.980.